The number of likely N-dealkylation sites (N-methyl/N-ethyl adjacent to an activating group) is 1. The molecule has 0 amide bonds. The molecule has 1 saturated heterocycles. The molecule has 20 heavy (non-hydrogen) atoms. The van der Waals surface area contributed by atoms with Crippen LogP contribution in [0.2, 0.25) is 0 Å². The molecule has 1 atom stereocenters. The summed E-state index contributed by atoms with van der Waals surface area (Å²) < 4.78 is 23.0. The zero-order valence-electron chi connectivity index (χ0n) is 12.3. The van der Waals surface area contributed by atoms with Gasteiger partial charge in [-0.2, -0.15) is 0 Å². The molecule has 1 N–H and O–H groups in total. The first-order chi connectivity index (χ1) is 9.50. The van der Waals surface area contributed by atoms with Gasteiger partial charge in [-0.15, -0.1) is 0 Å². The monoisotopic (exact) mass is 296 g/mol. The van der Waals surface area contributed by atoms with Crippen LogP contribution in [-0.4, -0.2) is 40.3 Å². The number of piperidine rings is 1. The summed E-state index contributed by atoms with van der Waals surface area (Å²) >= 11 is 0. The lowest BCUT2D eigenvalue weighted by Gasteiger charge is -2.31. The lowest BCUT2D eigenvalue weighted by molar-refractivity contribution is 0.400. The second kappa shape index (κ2) is 6.59. The number of nitrogens with one attached hydrogen (secondary N) is 1. The van der Waals surface area contributed by atoms with Crippen LogP contribution in [0.3, 0.4) is 0 Å². The highest BCUT2D eigenvalue weighted by atomic mass is 32.2. The summed E-state index contributed by atoms with van der Waals surface area (Å²) in [6, 6.07) is 7.74. The number of hydrogen-bond donors (Lipinski definition) is 1. The molecule has 1 aliphatic heterocycles. The third kappa shape index (κ3) is 3.96. The van der Waals surface area contributed by atoms with Crippen molar-refractivity contribution in [3.8, 4) is 0 Å². The Morgan fingerprint density at radius 1 is 1.25 bits per heavy atom. The first kappa shape index (κ1) is 15.3. The average Bonchev–Trinajstić information content (AvgIpc) is 2.45. The van der Waals surface area contributed by atoms with Gasteiger partial charge in [0.1, 0.15) is 0 Å². The minimum Gasteiger partial charge on any atom is -0.370 e. The fourth-order valence-electron chi connectivity index (χ4n) is 2.67. The predicted molar refractivity (Wildman–Crippen MR) is 83.1 cm³/mol. The lowest BCUT2D eigenvalue weighted by Crippen LogP contribution is -2.43. The van der Waals surface area contributed by atoms with E-state index in [1.54, 1.807) is 12.1 Å². The average molecular weight is 296 g/mol. The van der Waals surface area contributed by atoms with Gasteiger partial charge in [0.25, 0.3) is 0 Å². The maximum atomic E-state index is 11.5. The molecule has 2 rings (SSSR count). The van der Waals surface area contributed by atoms with Crippen molar-refractivity contribution in [1.82, 2.24) is 5.32 Å². The summed E-state index contributed by atoms with van der Waals surface area (Å²) in [4.78, 5) is 2.68. The van der Waals surface area contributed by atoms with Gasteiger partial charge in [0.2, 0.25) is 0 Å². The topological polar surface area (TPSA) is 49.4 Å². The van der Waals surface area contributed by atoms with Gasteiger partial charge in [-0.25, -0.2) is 8.42 Å². The molecule has 4 nitrogen and oxygen atoms in total. The molecule has 0 aromatic heterocycles. The Bertz CT molecular complexity index is 519. The maximum absolute atomic E-state index is 11.5. The quantitative estimate of drug-likeness (QED) is 0.903. The van der Waals surface area contributed by atoms with Crippen molar-refractivity contribution in [3.63, 3.8) is 0 Å². The predicted octanol–water partition coefficient (Wildman–Crippen LogP) is 2.06. The summed E-state index contributed by atoms with van der Waals surface area (Å²) in [5.74, 6) is 0. The second-order valence-corrected chi connectivity index (χ2v) is 7.47. The van der Waals surface area contributed by atoms with E-state index in [4.69, 9.17) is 0 Å². The molecule has 1 aliphatic rings. The summed E-state index contributed by atoms with van der Waals surface area (Å²) in [5, 5.41) is 3.55. The zero-order valence-corrected chi connectivity index (χ0v) is 13.1. The Hall–Kier alpha value is -1.07. The van der Waals surface area contributed by atoms with Crippen LogP contribution in [0.1, 0.15) is 26.2 Å². The van der Waals surface area contributed by atoms with E-state index in [9.17, 15) is 8.42 Å². The van der Waals surface area contributed by atoms with Crippen molar-refractivity contribution < 1.29 is 8.42 Å². The third-order valence-electron chi connectivity index (χ3n) is 3.86. The first-order valence-electron chi connectivity index (χ1n) is 7.29. The van der Waals surface area contributed by atoms with E-state index >= 15 is 0 Å². The standard InChI is InChI=1S/C15H24N2O2S/c1-3-17(12-13-6-4-5-11-16-13)14-7-9-15(10-8-14)20(2,18)19/h7-10,13,16H,3-6,11-12H2,1-2H3. The maximum Gasteiger partial charge on any atom is 0.175 e. The number of sulfone groups is 1. The molecule has 0 saturated carbocycles. The van der Waals surface area contributed by atoms with Crippen LogP contribution in [0.15, 0.2) is 29.2 Å². The minimum absolute atomic E-state index is 0.382. The van der Waals surface area contributed by atoms with Gasteiger partial charge in [-0.1, -0.05) is 6.42 Å². The lowest BCUT2D eigenvalue weighted by atomic mass is 10.0. The van der Waals surface area contributed by atoms with Gasteiger partial charge >= 0.3 is 0 Å². The van der Waals surface area contributed by atoms with Crippen molar-refractivity contribution >= 4 is 15.5 Å². The smallest absolute Gasteiger partial charge is 0.175 e. The molecule has 112 valence electrons. The summed E-state index contributed by atoms with van der Waals surface area (Å²) in [6.07, 6.45) is 5.03. The second-order valence-electron chi connectivity index (χ2n) is 5.45. The third-order valence-corrected chi connectivity index (χ3v) is 4.99. The normalized spacial score (nSPS) is 19.8. The molecular formula is C15H24N2O2S. The molecule has 0 aliphatic carbocycles. The summed E-state index contributed by atoms with van der Waals surface area (Å²) in [6.45, 7) is 5.15. The highest BCUT2D eigenvalue weighted by Crippen LogP contribution is 2.19. The Balaban J connectivity index is 2.07. The first-order valence-corrected chi connectivity index (χ1v) is 9.18. The number of hydrogen-bond acceptors (Lipinski definition) is 4. The van der Waals surface area contributed by atoms with Crippen LogP contribution in [0.25, 0.3) is 0 Å². The van der Waals surface area contributed by atoms with Crippen molar-refractivity contribution in [2.24, 2.45) is 0 Å². The van der Waals surface area contributed by atoms with Gasteiger partial charge in [-0.3, -0.25) is 0 Å². The number of nitrogens with zero attached hydrogens (tertiary/aromatic N) is 1. The Kier molecular flexibility index (Phi) is 5.05. The van der Waals surface area contributed by atoms with E-state index in [-0.39, 0.29) is 0 Å². The molecule has 1 fully saturated rings. The van der Waals surface area contributed by atoms with E-state index in [1.165, 1.54) is 25.5 Å². The van der Waals surface area contributed by atoms with Gasteiger partial charge in [-0.05, 0) is 50.6 Å². The van der Waals surface area contributed by atoms with E-state index in [0.717, 1.165) is 25.3 Å². The highest BCUT2D eigenvalue weighted by molar-refractivity contribution is 7.90. The summed E-state index contributed by atoms with van der Waals surface area (Å²) in [7, 11) is -3.11. The molecular weight excluding hydrogens is 272 g/mol. The van der Waals surface area contributed by atoms with Crippen LogP contribution in [-0.2, 0) is 9.84 Å². The Morgan fingerprint density at radius 2 is 1.95 bits per heavy atom. The fourth-order valence-corrected chi connectivity index (χ4v) is 3.30. The summed E-state index contributed by atoms with van der Waals surface area (Å²) in [5.41, 5.74) is 1.09. The van der Waals surface area contributed by atoms with E-state index < -0.39 is 9.84 Å². The van der Waals surface area contributed by atoms with Crippen molar-refractivity contribution in [3.05, 3.63) is 24.3 Å². The zero-order chi connectivity index (χ0) is 14.6. The van der Waals surface area contributed by atoms with Gasteiger partial charge in [0.15, 0.2) is 9.84 Å². The van der Waals surface area contributed by atoms with Gasteiger partial charge in [0.05, 0.1) is 4.90 Å². The van der Waals surface area contributed by atoms with Crippen LogP contribution in [0, 0.1) is 0 Å². The Labute approximate surface area is 122 Å². The van der Waals surface area contributed by atoms with E-state index in [2.05, 4.69) is 17.1 Å². The molecule has 1 heterocycles. The number of anilines is 1. The molecule has 0 spiro atoms. The minimum atomic E-state index is -3.11. The molecule has 1 unspecified atom stereocenters. The van der Waals surface area contributed by atoms with Crippen LogP contribution >= 0.6 is 0 Å². The molecule has 1 aromatic rings. The van der Waals surface area contributed by atoms with E-state index in [1.807, 2.05) is 12.1 Å². The largest absolute Gasteiger partial charge is 0.370 e. The SMILES string of the molecule is CCN(CC1CCCCN1)c1ccc(S(C)(=O)=O)cc1. The van der Waals surface area contributed by atoms with Crippen molar-refractivity contribution in [2.75, 3.05) is 30.8 Å². The van der Waals surface area contributed by atoms with Crippen LogP contribution in [0.5, 0.6) is 0 Å². The van der Waals surface area contributed by atoms with Crippen LogP contribution < -0.4 is 10.2 Å². The van der Waals surface area contributed by atoms with Gasteiger partial charge < -0.3 is 10.2 Å². The van der Waals surface area contributed by atoms with Crippen LogP contribution in [0.4, 0.5) is 5.69 Å². The molecule has 0 bridgehead atoms. The Morgan fingerprint density at radius 3 is 2.45 bits per heavy atom. The van der Waals surface area contributed by atoms with Gasteiger partial charge in [0, 0.05) is 31.1 Å². The molecule has 5 heteroatoms. The number of rotatable bonds is 5. The molecule has 0 radical (unpaired) electrons. The van der Waals surface area contributed by atoms with Crippen molar-refractivity contribution in [1.29, 1.82) is 0 Å². The van der Waals surface area contributed by atoms with Crippen molar-refractivity contribution in [2.45, 2.75) is 37.1 Å². The number of benzene rings is 1. The van der Waals surface area contributed by atoms with E-state index in [0.29, 0.717) is 10.9 Å². The fraction of sp³-hybridized carbons (Fsp3) is 0.600. The highest BCUT2D eigenvalue weighted by Gasteiger charge is 2.16. The molecule has 1 aromatic carbocycles.